The number of pyridine rings is 1. The highest BCUT2D eigenvalue weighted by atomic mass is 16.5. The van der Waals surface area contributed by atoms with Gasteiger partial charge in [0.25, 0.3) is 0 Å². The molecule has 1 fully saturated rings. The Morgan fingerprint density at radius 2 is 2.09 bits per heavy atom. The van der Waals surface area contributed by atoms with E-state index in [-0.39, 0.29) is 11.8 Å². The number of amides is 1. The van der Waals surface area contributed by atoms with E-state index in [2.05, 4.69) is 25.9 Å². The zero-order valence-electron chi connectivity index (χ0n) is 13.8. The quantitative estimate of drug-likeness (QED) is 0.372. The second-order valence-electron chi connectivity index (χ2n) is 5.40. The van der Waals surface area contributed by atoms with Gasteiger partial charge in [-0.1, -0.05) is 6.07 Å². The molecular formula is C16H25N5O2. The lowest BCUT2D eigenvalue weighted by atomic mass is 10.3. The summed E-state index contributed by atoms with van der Waals surface area (Å²) >= 11 is 0. The zero-order chi connectivity index (χ0) is 16.5. The molecule has 7 heteroatoms. The van der Waals surface area contributed by atoms with Gasteiger partial charge in [0.15, 0.2) is 5.96 Å². The summed E-state index contributed by atoms with van der Waals surface area (Å²) in [7, 11) is 1.59. The molecule has 1 aromatic heterocycles. The first-order valence-electron chi connectivity index (χ1n) is 8.01. The minimum absolute atomic E-state index is 0.165. The van der Waals surface area contributed by atoms with E-state index in [0.717, 1.165) is 30.9 Å². The van der Waals surface area contributed by atoms with Crippen LogP contribution in [0.5, 0.6) is 5.88 Å². The van der Waals surface area contributed by atoms with Crippen molar-refractivity contribution in [2.24, 2.45) is 10.9 Å². The molecule has 0 radical (unpaired) electrons. The number of hydrogen-bond acceptors (Lipinski definition) is 4. The number of aromatic nitrogens is 1. The highest BCUT2D eigenvalue weighted by Gasteiger charge is 2.28. The van der Waals surface area contributed by atoms with Crippen molar-refractivity contribution in [3.05, 3.63) is 23.9 Å². The van der Waals surface area contributed by atoms with Crippen molar-refractivity contribution >= 4 is 11.9 Å². The second-order valence-corrected chi connectivity index (χ2v) is 5.40. The van der Waals surface area contributed by atoms with E-state index in [0.29, 0.717) is 25.5 Å². The molecule has 0 aromatic carbocycles. The molecule has 2 rings (SSSR count). The number of guanidine groups is 1. The topological polar surface area (TPSA) is 87.6 Å². The fraction of sp³-hybridized carbons (Fsp3) is 0.562. The van der Waals surface area contributed by atoms with Crippen LogP contribution in [0, 0.1) is 5.92 Å². The van der Waals surface area contributed by atoms with E-state index in [9.17, 15) is 4.79 Å². The molecule has 0 aliphatic heterocycles. The summed E-state index contributed by atoms with van der Waals surface area (Å²) in [6.07, 6.45) is 3.81. The number of nitrogens with one attached hydrogen (secondary N) is 3. The van der Waals surface area contributed by atoms with Gasteiger partial charge in [-0.3, -0.25) is 4.79 Å². The number of carbonyl (C=O) groups excluding carboxylic acids is 1. The fourth-order valence-electron chi connectivity index (χ4n) is 1.99. The van der Waals surface area contributed by atoms with E-state index < -0.39 is 0 Å². The highest BCUT2D eigenvalue weighted by Crippen LogP contribution is 2.28. The average Bonchev–Trinajstić information content (AvgIpc) is 3.41. The molecule has 0 atom stereocenters. The van der Waals surface area contributed by atoms with Gasteiger partial charge in [-0.25, -0.2) is 9.98 Å². The lowest BCUT2D eigenvalue weighted by molar-refractivity contribution is -0.122. The summed E-state index contributed by atoms with van der Waals surface area (Å²) in [6, 6.07) is 3.76. The molecule has 126 valence electrons. The first-order chi connectivity index (χ1) is 11.2. The Labute approximate surface area is 136 Å². The third-order valence-electron chi connectivity index (χ3n) is 3.44. The van der Waals surface area contributed by atoms with Crippen LogP contribution in [-0.4, -0.2) is 43.6 Å². The maximum atomic E-state index is 11.5. The summed E-state index contributed by atoms with van der Waals surface area (Å²) in [4.78, 5) is 20.2. The van der Waals surface area contributed by atoms with Crippen LogP contribution in [-0.2, 0) is 11.3 Å². The van der Waals surface area contributed by atoms with Crippen LogP contribution in [0.25, 0.3) is 0 Å². The lowest BCUT2D eigenvalue weighted by Gasteiger charge is -2.11. The molecule has 1 heterocycles. The monoisotopic (exact) mass is 319 g/mol. The first-order valence-corrected chi connectivity index (χ1v) is 8.01. The fourth-order valence-corrected chi connectivity index (χ4v) is 1.99. The number of nitrogens with zero attached hydrogens (tertiary/aromatic N) is 2. The van der Waals surface area contributed by atoms with Crippen LogP contribution in [0.15, 0.2) is 23.3 Å². The SMILES string of the molecule is CCNC(=NCc1ccc(OC)nc1)NCCNC(=O)C1CC1. The van der Waals surface area contributed by atoms with Crippen molar-refractivity contribution in [3.8, 4) is 5.88 Å². The van der Waals surface area contributed by atoms with Gasteiger partial charge in [0, 0.05) is 37.8 Å². The Morgan fingerprint density at radius 3 is 2.70 bits per heavy atom. The van der Waals surface area contributed by atoms with Gasteiger partial charge in [0.1, 0.15) is 0 Å². The van der Waals surface area contributed by atoms with Gasteiger partial charge in [0.2, 0.25) is 11.8 Å². The predicted molar refractivity (Wildman–Crippen MR) is 89.3 cm³/mol. The van der Waals surface area contributed by atoms with Crippen molar-refractivity contribution in [1.29, 1.82) is 0 Å². The number of ether oxygens (including phenoxy) is 1. The molecule has 0 spiro atoms. The molecule has 1 aromatic rings. The Balaban J connectivity index is 1.75. The van der Waals surface area contributed by atoms with E-state index in [1.165, 1.54) is 0 Å². The Hall–Kier alpha value is -2.31. The van der Waals surface area contributed by atoms with Crippen molar-refractivity contribution in [2.45, 2.75) is 26.3 Å². The van der Waals surface area contributed by atoms with Crippen LogP contribution in [0.3, 0.4) is 0 Å². The second kappa shape index (κ2) is 8.97. The molecule has 3 N–H and O–H groups in total. The average molecular weight is 319 g/mol. The number of rotatable bonds is 8. The molecule has 0 saturated heterocycles. The Bertz CT molecular complexity index is 526. The van der Waals surface area contributed by atoms with Crippen LogP contribution in [0.2, 0.25) is 0 Å². The Kier molecular flexibility index (Phi) is 6.65. The normalized spacial score (nSPS) is 14.3. The largest absolute Gasteiger partial charge is 0.481 e. The minimum atomic E-state index is 0.165. The van der Waals surface area contributed by atoms with Gasteiger partial charge >= 0.3 is 0 Å². The van der Waals surface area contributed by atoms with E-state index in [4.69, 9.17) is 4.74 Å². The van der Waals surface area contributed by atoms with Gasteiger partial charge in [-0.2, -0.15) is 0 Å². The van der Waals surface area contributed by atoms with E-state index in [1.807, 2.05) is 19.1 Å². The molecule has 0 unspecified atom stereocenters. The van der Waals surface area contributed by atoms with Gasteiger partial charge < -0.3 is 20.7 Å². The molecule has 1 aliphatic rings. The van der Waals surface area contributed by atoms with Gasteiger partial charge in [-0.05, 0) is 25.3 Å². The minimum Gasteiger partial charge on any atom is -0.481 e. The zero-order valence-corrected chi connectivity index (χ0v) is 13.8. The molecule has 1 aliphatic carbocycles. The van der Waals surface area contributed by atoms with Crippen LogP contribution in [0.4, 0.5) is 0 Å². The molecule has 7 nitrogen and oxygen atoms in total. The van der Waals surface area contributed by atoms with Crippen LogP contribution in [0.1, 0.15) is 25.3 Å². The van der Waals surface area contributed by atoms with Crippen LogP contribution < -0.4 is 20.7 Å². The maximum Gasteiger partial charge on any atom is 0.223 e. The van der Waals surface area contributed by atoms with E-state index in [1.54, 1.807) is 13.3 Å². The molecule has 23 heavy (non-hydrogen) atoms. The maximum absolute atomic E-state index is 11.5. The lowest BCUT2D eigenvalue weighted by Crippen LogP contribution is -2.41. The van der Waals surface area contributed by atoms with E-state index >= 15 is 0 Å². The molecule has 1 amide bonds. The summed E-state index contributed by atoms with van der Waals surface area (Å²) < 4.78 is 5.03. The van der Waals surface area contributed by atoms with Crippen molar-refractivity contribution in [1.82, 2.24) is 20.9 Å². The van der Waals surface area contributed by atoms with Crippen molar-refractivity contribution in [2.75, 3.05) is 26.7 Å². The third-order valence-corrected chi connectivity index (χ3v) is 3.44. The number of methoxy groups -OCH3 is 1. The molecule has 1 saturated carbocycles. The smallest absolute Gasteiger partial charge is 0.223 e. The predicted octanol–water partition coefficient (Wildman–Crippen LogP) is 0.672. The van der Waals surface area contributed by atoms with Crippen molar-refractivity contribution < 1.29 is 9.53 Å². The molecule has 0 bridgehead atoms. The van der Waals surface area contributed by atoms with Gasteiger partial charge in [-0.15, -0.1) is 0 Å². The number of hydrogen-bond donors (Lipinski definition) is 3. The summed E-state index contributed by atoms with van der Waals surface area (Å²) in [5, 5.41) is 9.31. The highest BCUT2D eigenvalue weighted by molar-refractivity contribution is 5.81. The summed E-state index contributed by atoms with van der Waals surface area (Å²) in [5.41, 5.74) is 1.00. The third kappa shape index (κ3) is 6.14. The number of carbonyl (C=O) groups is 1. The van der Waals surface area contributed by atoms with Crippen molar-refractivity contribution in [3.63, 3.8) is 0 Å². The number of aliphatic imine (C=N–C) groups is 1. The standard InChI is InChI=1S/C16H25N5O2/c1-3-17-16(19-9-8-18-15(22)13-5-6-13)21-11-12-4-7-14(23-2)20-10-12/h4,7,10,13H,3,5-6,8-9,11H2,1-2H3,(H,18,22)(H2,17,19,21). The van der Waals surface area contributed by atoms with Crippen LogP contribution >= 0.6 is 0 Å². The first kappa shape index (κ1) is 17.1. The Morgan fingerprint density at radius 1 is 1.30 bits per heavy atom. The van der Waals surface area contributed by atoms with Gasteiger partial charge in [0.05, 0.1) is 13.7 Å². The molecular weight excluding hydrogens is 294 g/mol. The summed E-state index contributed by atoms with van der Waals surface area (Å²) in [6.45, 7) is 4.57. The summed E-state index contributed by atoms with van der Waals surface area (Å²) in [5.74, 6) is 1.73.